The molecule has 0 saturated heterocycles. The fourth-order valence-corrected chi connectivity index (χ4v) is 2.96. The van der Waals surface area contributed by atoms with E-state index in [1.165, 1.54) is 0 Å². The van der Waals surface area contributed by atoms with Gasteiger partial charge in [0.2, 0.25) is 0 Å². The molecular formula is C9H7I2NO2. The summed E-state index contributed by atoms with van der Waals surface area (Å²) >= 11 is 4.28. The van der Waals surface area contributed by atoms with Crippen LogP contribution in [0.1, 0.15) is 5.56 Å². The summed E-state index contributed by atoms with van der Waals surface area (Å²) in [7, 11) is 1.57. The van der Waals surface area contributed by atoms with Gasteiger partial charge in [-0.1, -0.05) is 0 Å². The summed E-state index contributed by atoms with van der Waals surface area (Å²) in [6.45, 7) is 0.220. The van der Waals surface area contributed by atoms with Crippen LogP contribution in [0.15, 0.2) is 12.1 Å². The van der Waals surface area contributed by atoms with Crippen LogP contribution in [0.4, 0.5) is 0 Å². The van der Waals surface area contributed by atoms with Crippen molar-refractivity contribution in [1.82, 2.24) is 0 Å². The Hall–Kier alpha value is -0.0700. The van der Waals surface area contributed by atoms with Crippen molar-refractivity contribution in [2.75, 3.05) is 13.9 Å². The van der Waals surface area contributed by atoms with E-state index in [4.69, 9.17) is 14.7 Å². The molecule has 0 aliphatic carbocycles. The van der Waals surface area contributed by atoms with Crippen LogP contribution in [0, 0.1) is 18.5 Å². The van der Waals surface area contributed by atoms with Gasteiger partial charge in [0.05, 0.1) is 18.8 Å². The Morgan fingerprint density at radius 1 is 1.36 bits per heavy atom. The van der Waals surface area contributed by atoms with Crippen LogP contribution in [0.25, 0.3) is 0 Å². The molecule has 74 valence electrons. The minimum absolute atomic E-state index is 0.220. The zero-order chi connectivity index (χ0) is 10.6. The molecule has 0 unspecified atom stereocenters. The molecule has 0 fully saturated rings. The molecule has 14 heavy (non-hydrogen) atoms. The summed E-state index contributed by atoms with van der Waals surface area (Å²) in [6, 6.07) is 5.67. The summed E-state index contributed by atoms with van der Waals surface area (Å²) < 4.78 is 12.0. The Morgan fingerprint density at radius 2 is 1.93 bits per heavy atom. The van der Waals surface area contributed by atoms with E-state index >= 15 is 0 Å². The van der Waals surface area contributed by atoms with Crippen LogP contribution in [-0.4, -0.2) is 13.9 Å². The number of methoxy groups -OCH3 is 1. The number of hydrogen-bond acceptors (Lipinski definition) is 3. The van der Waals surface area contributed by atoms with Gasteiger partial charge in [-0.05, 0) is 57.3 Å². The van der Waals surface area contributed by atoms with Gasteiger partial charge in [0.15, 0.2) is 6.79 Å². The van der Waals surface area contributed by atoms with Crippen LogP contribution < -0.4 is 4.74 Å². The Morgan fingerprint density at radius 3 is 2.36 bits per heavy atom. The molecule has 5 heteroatoms. The fourth-order valence-electron chi connectivity index (χ4n) is 0.880. The van der Waals surface area contributed by atoms with Crippen LogP contribution in [-0.2, 0) is 4.74 Å². The molecule has 1 rings (SSSR count). The van der Waals surface area contributed by atoms with Crippen molar-refractivity contribution in [2.24, 2.45) is 0 Å². The van der Waals surface area contributed by atoms with E-state index in [0.29, 0.717) is 5.56 Å². The van der Waals surface area contributed by atoms with Crippen molar-refractivity contribution in [3.8, 4) is 11.8 Å². The quantitative estimate of drug-likeness (QED) is 0.564. The average molecular weight is 415 g/mol. The van der Waals surface area contributed by atoms with Gasteiger partial charge in [0.1, 0.15) is 5.75 Å². The lowest BCUT2D eigenvalue weighted by atomic mass is 10.2. The number of rotatable bonds is 3. The van der Waals surface area contributed by atoms with E-state index in [-0.39, 0.29) is 6.79 Å². The standard InChI is InChI=1S/C9H7I2NO2/c1-13-5-14-9-7(10)2-6(4-12)3-8(9)11/h2-3H,5H2,1H3. The number of nitrogens with zero attached hydrogens (tertiary/aromatic N) is 1. The Balaban J connectivity index is 3.01. The minimum Gasteiger partial charge on any atom is -0.465 e. The van der Waals surface area contributed by atoms with Crippen LogP contribution >= 0.6 is 45.2 Å². The predicted octanol–water partition coefficient (Wildman–Crippen LogP) is 2.75. The molecule has 0 N–H and O–H groups in total. The Bertz CT molecular complexity index is 351. The van der Waals surface area contributed by atoms with Crippen LogP contribution in [0.5, 0.6) is 5.75 Å². The molecule has 1 aromatic rings. The van der Waals surface area contributed by atoms with Crippen LogP contribution in [0.3, 0.4) is 0 Å². The third-order valence-electron chi connectivity index (χ3n) is 1.45. The van der Waals surface area contributed by atoms with E-state index in [9.17, 15) is 0 Å². The largest absolute Gasteiger partial charge is 0.465 e. The monoisotopic (exact) mass is 415 g/mol. The maximum Gasteiger partial charge on any atom is 0.188 e. The van der Waals surface area contributed by atoms with Crippen molar-refractivity contribution in [3.05, 3.63) is 24.8 Å². The van der Waals surface area contributed by atoms with E-state index in [1.807, 2.05) is 0 Å². The van der Waals surface area contributed by atoms with Gasteiger partial charge in [-0.25, -0.2) is 0 Å². The van der Waals surface area contributed by atoms with E-state index in [2.05, 4.69) is 51.3 Å². The highest BCUT2D eigenvalue weighted by Gasteiger charge is 2.08. The molecule has 0 aliphatic rings. The van der Waals surface area contributed by atoms with Gasteiger partial charge in [0, 0.05) is 7.11 Å². The summed E-state index contributed by atoms with van der Waals surface area (Å²) in [5.74, 6) is 0.770. The molecule has 3 nitrogen and oxygen atoms in total. The van der Waals surface area contributed by atoms with Gasteiger partial charge in [-0.2, -0.15) is 5.26 Å². The SMILES string of the molecule is COCOc1c(I)cc(C#N)cc1I. The van der Waals surface area contributed by atoms with Crippen LogP contribution in [0.2, 0.25) is 0 Å². The lowest BCUT2D eigenvalue weighted by Crippen LogP contribution is -2.02. The highest BCUT2D eigenvalue weighted by molar-refractivity contribution is 14.1. The highest BCUT2D eigenvalue weighted by Crippen LogP contribution is 2.28. The van der Waals surface area contributed by atoms with Crippen molar-refractivity contribution < 1.29 is 9.47 Å². The van der Waals surface area contributed by atoms with E-state index < -0.39 is 0 Å². The molecule has 0 amide bonds. The van der Waals surface area contributed by atoms with E-state index in [0.717, 1.165) is 12.9 Å². The number of halogens is 2. The van der Waals surface area contributed by atoms with E-state index in [1.54, 1.807) is 19.2 Å². The highest BCUT2D eigenvalue weighted by atomic mass is 127. The minimum atomic E-state index is 0.220. The summed E-state index contributed by atoms with van der Waals surface area (Å²) in [4.78, 5) is 0. The first-order chi connectivity index (χ1) is 6.69. The fraction of sp³-hybridized carbons (Fsp3) is 0.222. The zero-order valence-electron chi connectivity index (χ0n) is 7.38. The molecule has 0 radical (unpaired) electrons. The number of benzene rings is 1. The molecular weight excluding hydrogens is 408 g/mol. The Kier molecular flexibility index (Phi) is 4.91. The molecule has 0 heterocycles. The molecule has 0 spiro atoms. The smallest absolute Gasteiger partial charge is 0.188 e. The topological polar surface area (TPSA) is 42.2 Å². The molecule has 0 atom stereocenters. The normalized spacial score (nSPS) is 9.57. The zero-order valence-corrected chi connectivity index (χ0v) is 11.7. The van der Waals surface area contributed by atoms with Gasteiger partial charge in [-0.15, -0.1) is 0 Å². The molecule has 0 aliphatic heterocycles. The molecule has 0 saturated carbocycles. The first kappa shape index (κ1) is 12.0. The average Bonchev–Trinajstić information content (AvgIpc) is 2.16. The van der Waals surface area contributed by atoms with Gasteiger partial charge >= 0.3 is 0 Å². The van der Waals surface area contributed by atoms with Crippen molar-refractivity contribution in [2.45, 2.75) is 0 Å². The number of ether oxygens (including phenoxy) is 2. The van der Waals surface area contributed by atoms with Gasteiger partial charge in [0.25, 0.3) is 0 Å². The van der Waals surface area contributed by atoms with Crippen molar-refractivity contribution in [3.63, 3.8) is 0 Å². The Labute approximate surface area is 110 Å². The first-order valence-corrected chi connectivity index (χ1v) is 5.85. The summed E-state index contributed by atoms with van der Waals surface area (Å²) in [5, 5.41) is 8.73. The maximum atomic E-state index is 8.73. The second kappa shape index (κ2) is 5.72. The third-order valence-corrected chi connectivity index (χ3v) is 3.05. The predicted molar refractivity (Wildman–Crippen MR) is 69.1 cm³/mol. The molecule has 1 aromatic carbocycles. The number of hydrogen-bond donors (Lipinski definition) is 0. The lowest BCUT2D eigenvalue weighted by molar-refractivity contribution is 0.0499. The summed E-state index contributed by atoms with van der Waals surface area (Å²) in [6.07, 6.45) is 0. The second-order valence-corrected chi connectivity index (χ2v) is 4.76. The number of nitriles is 1. The van der Waals surface area contributed by atoms with Crippen molar-refractivity contribution in [1.29, 1.82) is 5.26 Å². The maximum absolute atomic E-state index is 8.73. The van der Waals surface area contributed by atoms with Crippen molar-refractivity contribution >= 4 is 45.2 Å². The second-order valence-electron chi connectivity index (χ2n) is 2.43. The summed E-state index contributed by atoms with van der Waals surface area (Å²) in [5.41, 5.74) is 0.642. The molecule has 0 bridgehead atoms. The first-order valence-electron chi connectivity index (χ1n) is 3.70. The van der Waals surface area contributed by atoms with Gasteiger partial charge in [-0.3, -0.25) is 0 Å². The lowest BCUT2D eigenvalue weighted by Gasteiger charge is -2.09. The molecule has 0 aromatic heterocycles. The third kappa shape index (κ3) is 2.96. The van der Waals surface area contributed by atoms with Gasteiger partial charge < -0.3 is 9.47 Å².